The number of Topliss-reactive ketones (excluding diaryl/α,β-unsaturated/α-hetero) is 1. The number of hydrogen-bond donors (Lipinski definition) is 0. The van der Waals surface area contributed by atoms with Crippen molar-refractivity contribution in [1.29, 1.82) is 0 Å². The van der Waals surface area contributed by atoms with Gasteiger partial charge in [-0.1, -0.05) is 6.08 Å². The lowest BCUT2D eigenvalue weighted by atomic mass is 10.00. The van der Waals surface area contributed by atoms with Crippen LogP contribution < -0.4 is 4.90 Å². The third-order valence-corrected chi connectivity index (χ3v) is 2.64. The molecule has 1 aliphatic rings. The van der Waals surface area contributed by atoms with Gasteiger partial charge in [0.05, 0.1) is 5.69 Å². The summed E-state index contributed by atoms with van der Waals surface area (Å²) in [7, 11) is 0. The molecule has 1 aromatic rings. The van der Waals surface area contributed by atoms with Gasteiger partial charge in [0.25, 0.3) is 0 Å². The predicted octanol–water partition coefficient (Wildman–Crippen LogP) is 2.54. The third kappa shape index (κ3) is 1.71. The molecule has 0 saturated heterocycles. The Labute approximate surface area is 92.2 Å². The van der Waals surface area contributed by atoms with E-state index < -0.39 is 11.6 Å². The maximum Gasteiger partial charge on any atom is 0.166 e. The van der Waals surface area contributed by atoms with Crippen molar-refractivity contribution >= 4 is 11.5 Å². The van der Waals surface area contributed by atoms with Crippen LogP contribution in [-0.2, 0) is 0 Å². The van der Waals surface area contributed by atoms with Crippen molar-refractivity contribution in [2.24, 2.45) is 0 Å². The first kappa shape index (κ1) is 10.8. The van der Waals surface area contributed by atoms with Gasteiger partial charge in [-0.2, -0.15) is 0 Å². The second kappa shape index (κ2) is 4.04. The van der Waals surface area contributed by atoms with Crippen molar-refractivity contribution in [3.05, 3.63) is 42.0 Å². The molecule has 4 heteroatoms. The number of carbonyl (C=O) groups excluding carboxylic acids is 1. The summed E-state index contributed by atoms with van der Waals surface area (Å²) in [6.07, 6.45) is 1.99. The predicted molar refractivity (Wildman–Crippen MR) is 57.7 cm³/mol. The second-order valence-electron chi connectivity index (χ2n) is 3.69. The first-order chi connectivity index (χ1) is 7.63. The second-order valence-corrected chi connectivity index (χ2v) is 3.69. The Bertz CT molecular complexity index is 457. The largest absolute Gasteiger partial charge is 0.367 e. The summed E-state index contributed by atoms with van der Waals surface area (Å²) in [4.78, 5) is 13.4. The zero-order chi connectivity index (χ0) is 11.7. The maximum atomic E-state index is 13.1. The van der Waals surface area contributed by atoms with E-state index in [9.17, 15) is 13.6 Å². The Morgan fingerprint density at radius 1 is 1.38 bits per heavy atom. The minimum absolute atomic E-state index is 0.144. The van der Waals surface area contributed by atoms with E-state index in [1.165, 1.54) is 0 Å². The van der Waals surface area contributed by atoms with Gasteiger partial charge in [-0.25, -0.2) is 8.78 Å². The number of carbonyl (C=O) groups is 1. The lowest BCUT2D eigenvalue weighted by molar-refractivity contribution is 0.0979. The average molecular weight is 223 g/mol. The number of benzene rings is 1. The Morgan fingerprint density at radius 2 is 2.06 bits per heavy atom. The van der Waals surface area contributed by atoms with Gasteiger partial charge in [-0.3, -0.25) is 4.79 Å². The zero-order valence-corrected chi connectivity index (χ0v) is 8.67. The van der Waals surface area contributed by atoms with Crippen LogP contribution in [0.15, 0.2) is 24.8 Å². The van der Waals surface area contributed by atoms with Crippen molar-refractivity contribution in [1.82, 2.24) is 0 Å². The Morgan fingerprint density at radius 3 is 2.75 bits per heavy atom. The van der Waals surface area contributed by atoms with Gasteiger partial charge in [0.15, 0.2) is 17.4 Å². The first-order valence-electron chi connectivity index (χ1n) is 5.01. The van der Waals surface area contributed by atoms with Crippen molar-refractivity contribution < 1.29 is 13.6 Å². The van der Waals surface area contributed by atoms with Gasteiger partial charge >= 0.3 is 0 Å². The number of anilines is 1. The number of halogens is 2. The molecule has 0 atom stereocenters. The van der Waals surface area contributed by atoms with Gasteiger partial charge in [-0.05, 0) is 6.07 Å². The van der Waals surface area contributed by atoms with Crippen LogP contribution in [0.4, 0.5) is 14.5 Å². The third-order valence-electron chi connectivity index (χ3n) is 2.64. The summed E-state index contributed by atoms with van der Waals surface area (Å²) in [5.41, 5.74) is 0.710. The highest BCUT2D eigenvalue weighted by Gasteiger charge is 2.24. The fourth-order valence-corrected chi connectivity index (χ4v) is 1.86. The molecule has 2 nitrogen and oxygen atoms in total. The molecule has 0 fully saturated rings. The van der Waals surface area contributed by atoms with E-state index in [1.54, 1.807) is 6.08 Å². The van der Waals surface area contributed by atoms with Crippen LogP contribution in [0.1, 0.15) is 16.8 Å². The van der Waals surface area contributed by atoms with Gasteiger partial charge in [0, 0.05) is 31.1 Å². The molecule has 1 aliphatic heterocycles. The molecule has 0 N–H and O–H groups in total. The standard InChI is InChI=1S/C12H11F2NO/c1-2-4-15-5-3-12(16)8-6-9(13)10(14)7-11(8)15/h2,6-7H,1,3-5H2. The zero-order valence-electron chi connectivity index (χ0n) is 8.67. The number of rotatable bonds is 2. The fourth-order valence-electron chi connectivity index (χ4n) is 1.86. The van der Waals surface area contributed by atoms with Crippen molar-refractivity contribution in [2.75, 3.05) is 18.0 Å². The highest BCUT2D eigenvalue weighted by atomic mass is 19.2. The molecule has 0 aliphatic carbocycles. The molecule has 1 heterocycles. The van der Waals surface area contributed by atoms with E-state index in [2.05, 4.69) is 6.58 Å². The lowest BCUT2D eigenvalue weighted by Gasteiger charge is -2.29. The molecule has 0 amide bonds. The van der Waals surface area contributed by atoms with E-state index in [-0.39, 0.29) is 11.3 Å². The van der Waals surface area contributed by atoms with Crippen LogP contribution >= 0.6 is 0 Å². The average Bonchev–Trinajstić information content (AvgIpc) is 2.25. The van der Waals surface area contributed by atoms with Crippen molar-refractivity contribution in [3.8, 4) is 0 Å². The summed E-state index contributed by atoms with van der Waals surface area (Å²) in [5, 5.41) is 0. The van der Waals surface area contributed by atoms with Gasteiger partial charge < -0.3 is 4.90 Å². The molecule has 2 rings (SSSR count). The SMILES string of the molecule is C=CCN1CCC(=O)c2cc(F)c(F)cc21. The van der Waals surface area contributed by atoms with Crippen LogP contribution in [0.5, 0.6) is 0 Å². The minimum Gasteiger partial charge on any atom is -0.367 e. The molecular weight excluding hydrogens is 212 g/mol. The summed E-state index contributed by atoms with van der Waals surface area (Å²) < 4.78 is 26.1. The molecule has 0 saturated carbocycles. The van der Waals surface area contributed by atoms with Gasteiger partial charge in [0.1, 0.15) is 0 Å². The van der Waals surface area contributed by atoms with Crippen molar-refractivity contribution in [2.45, 2.75) is 6.42 Å². The topological polar surface area (TPSA) is 20.3 Å². The minimum atomic E-state index is -0.979. The summed E-state index contributed by atoms with van der Waals surface area (Å²) >= 11 is 0. The van der Waals surface area contributed by atoms with Crippen LogP contribution in [0.2, 0.25) is 0 Å². The molecule has 1 aromatic carbocycles. The lowest BCUT2D eigenvalue weighted by Crippen LogP contribution is -2.32. The fraction of sp³-hybridized carbons (Fsp3) is 0.250. The summed E-state index contributed by atoms with van der Waals surface area (Å²) in [6.45, 7) is 4.63. The van der Waals surface area contributed by atoms with Gasteiger partial charge in [0.2, 0.25) is 0 Å². The Kier molecular flexibility index (Phi) is 2.73. The van der Waals surface area contributed by atoms with Crippen LogP contribution in [0.25, 0.3) is 0 Å². The van der Waals surface area contributed by atoms with Crippen molar-refractivity contribution in [3.63, 3.8) is 0 Å². The van der Waals surface area contributed by atoms with E-state index in [1.807, 2.05) is 4.90 Å². The molecule has 0 bridgehead atoms. The summed E-state index contributed by atoms with van der Waals surface area (Å²) in [6, 6.07) is 2.05. The highest BCUT2D eigenvalue weighted by molar-refractivity contribution is 6.03. The number of fused-ring (bicyclic) bond motifs is 1. The Balaban J connectivity index is 2.52. The highest BCUT2D eigenvalue weighted by Crippen LogP contribution is 2.29. The van der Waals surface area contributed by atoms with Crippen LogP contribution in [-0.4, -0.2) is 18.9 Å². The van der Waals surface area contributed by atoms with Crippen LogP contribution in [0, 0.1) is 11.6 Å². The molecule has 84 valence electrons. The number of hydrogen-bond acceptors (Lipinski definition) is 2. The smallest absolute Gasteiger partial charge is 0.166 e. The number of ketones is 1. The maximum absolute atomic E-state index is 13.1. The van der Waals surface area contributed by atoms with E-state index in [0.29, 0.717) is 25.2 Å². The summed E-state index contributed by atoms with van der Waals surface area (Å²) in [5.74, 6) is -2.05. The van der Waals surface area contributed by atoms with E-state index in [4.69, 9.17) is 0 Å². The Hall–Kier alpha value is -1.71. The molecule has 0 radical (unpaired) electrons. The normalized spacial score (nSPS) is 14.9. The van der Waals surface area contributed by atoms with E-state index >= 15 is 0 Å². The quantitative estimate of drug-likeness (QED) is 0.718. The van der Waals surface area contributed by atoms with Crippen LogP contribution in [0.3, 0.4) is 0 Å². The molecule has 16 heavy (non-hydrogen) atoms. The first-order valence-corrected chi connectivity index (χ1v) is 5.01. The molecular formula is C12H11F2NO. The van der Waals surface area contributed by atoms with Gasteiger partial charge in [-0.15, -0.1) is 6.58 Å². The molecule has 0 unspecified atom stereocenters. The monoisotopic (exact) mass is 223 g/mol. The van der Waals surface area contributed by atoms with E-state index in [0.717, 1.165) is 12.1 Å². The number of nitrogens with zero attached hydrogens (tertiary/aromatic N) is 1. The molecule has 0 aromatic heterocycles. The molecule has 0 spiro atoms.